The van der Waals surface area contributed by atoms with E-state index in [9.17, 15) is 0 Å². The molecule has 0 saturated heterocycles. The van der Waals surface area contributed by atoms with Gasteiger partial charge in [-0.3, -0.25) is 4.57 Å². The summed E-state index contributed by atoms with van der Waals surface area (Å²) in [5.41, 5.74) is 8.65. The summed E-state index contributed by atoms with van der Waals surface area (Å²) >= 11 is 0. The summed E-state index contributed by atoms with van der Waals surface area (Å²) in [5.74, 6) is 1.05. The quantitative estimate of drug-likeness (QED) is 0.457. The number of aryl methyl sites for hydroxylation is 2. The minimum absolute atomic E-state index is 0. The number of nitrogens with one attached hydrogen (secondary N) is 1. The van der Waals surface area contributed by atoms with E-state index in [1.54, 1.807) is 0 Å². The fourth-order valence-electron chi connectivity index (χ4n) is 4.60. The molecule has 2 aromatic carbocycles. The van der Waals surface area contributed by atoms with Crippen molar-refractivity contribution in [3.8, 4) is 17.1 Å². The van der Waals surface area contributed by atoms with Gasteiger partial charge >= 0.3 is 0 Å². The van der Waals surface area contributed by atoms with Crippen LogP contribution in [0.2, 0.25) is 0 Å². The minimum Gasteiger partial charge on any atom is -0.353 e. The van der Waals surface area contributed by atoms with Gasteiger partial charge in [0.15, 0.2) is 0 Å². The smallest absolute Gasteiger partial charge is 0.145 e. The number of hydrogen-bond acceptors (Lipinski definition) is 1. The fourth-order valence-corrected chi connectivity index (χ4v) is 4.60. The van der Waals surface area contributed by atoms with Crippen LogP contribution >= 0.6 is 0 Å². The zero-order valence-electron chi connectivity index (χ0n) is 15.7. The molecule has 0 spiro atoms. The number of aromatic amines is 1. The molecule has 1 N–H and O–H groups in total. The molecule has 2 aromatic heterocycles. The zero-order chi connectivity index (χ0) is 18.5. The molecule has 0 saturated carbocycles. The normalized spacial score (nSPS) is 15.4. The van der Waals surface area contributed by atoms with Gasteiger partial charge < -0.3 is 4.98 Å². The maximum Gasteiger partial charge on any atom is 0.145 e. The second-order valence-electron chi connectivity index (χ2n) is 7.56. The Kier molecular flexibility index (Phi) is 3.42. The Balaban J connectivity index is 0.00000181. The molecule has 2 aliphatic rings. The van der Waals surface area contributed by atoms with E-state index in [2.05, 4.69) is 82.4 Å². The number of imidazole rings is 1. The molecule has 0 unspecified atom stereocenters. The lowest BCUT2D eigenvalue weighted by Crippen LogP contribution is -2.07. The molecule has 0 atom stereocenters. The van der Waals surface area contributed by atoms with Gasteiger partial charge in [0.05, 0.1) is 17.1 Å². The van der Waals surface area contributed by atoms with Crippen molar-refractivity contribution in [3.63, 3.8) is 0 Å². The third-order valence-electron chi connectivity index (χ3n) is 5.88. The van der Waals surface area contributed by atoms with Gasteiger partial charge in [-0.25, -0.2) is 4.98 Å². The van der Waals surface area contributed by atoms with Gasteiger partial charge in [0.2, 0.25) is 0 Å². The summed E-state index contributed by atoms with van der Waals surface area (Å²) in [7, 11) is 0. The molecule has 0 fully saturated rings. The number of fused-ring (bicyclic) bond motifs is 5. The summed E-state index contributed by atoms with van der Waals surface area (Å²) in [5, 5.41) is 1.34. The highest BCUT2D eigenvalue weighted by Crippen LogP contribution is 2.40. The van der Waals surface area contributed by atoms with Crippen LogP contribution in [0.25, 0.3) is 33.6 Å². The van der Waals surface area contributed by atoms with Gasteiger partial charge in [-0.05, 0) is 49.4 Å². The van der Waals surface area contributed by atoms with Crippen molar-refractivity contribution in [1.82, 2.24) is 14.5 Å². The van der Waals surface area contributed by atoms with E-state index in [4.69, 9.17) is 4.98 Å². The first-order valence-electron chi connectivity index (χ1n) is 10.0. The Morgan fingerprint density at radius 1 is 0.929 bits per heavy atom. The lowest BCUT2D eigenvalue weighted by atomic mass is 9.96. The summed E-state index contributed by atoms with van der Waals surface area (Å²) in [6.07, 6.45) is 11.0. The topological polar surface area (TPSA) is 33.6 Å². The van der Waals surface area contributed by atoms with E-state index in [1.165, 1.54) is 39.1 Å². The molecular weight excluding hydrogens is 342 g/mol. The van der Waals surface area contributed by atoms with E-state index >= 15 is 0 Å². The lowest BCUT2D eigenvalue weighted by molar-refractivity contribution is 0.908. The van der Waals surface area contributed by atoms with E-state index in [1.807, 2.05) is 0 Å². The standard InChI is InChI=1S/C25H21N3.H2/c1-3-9-17(10-4-1)25-27-22-16-15-20-19-13-7-8-14-21(19)26-23(20)24(22)28(25)18-11-5-2-6-12-18;/h2-3,5-14,26H,1,4,15-16H2;1H. The van der Waals surface area contributed by atoms with Crippen LogP contribution < -0.4 is 0 Å². The van der Waals surface area contributed by atoms with Crippen molar-refractivity contribution in [3.05, 3.63) is 89.9 Å². The Bertz CT molecular complexity index is 1260. The molecule has 0 amide bonds. The second-order valence-corrected chi connectivity index (χ2v) is 7.56. The summed E-state index contributed by atoms with van der Waals surface area (Å²) in [4.78, 5) is 8.84. The van der Waals surface area contributed by atoms with Crippen LogP contribution in [0.5, 0.6) is 0 Å². The molecule has 4 aromatic rings. The Morgan fingerprint density at radius 3 is 2.64 bits per heavy atom. The van der Waals surface area contributed by atoms with Crippen molar-refractivity contribution in [2.45, 2.75) is 25.7 Å². The molecule has 2 heterocycles. The van der Waals surface area contributed by atoms with Gasteiger partial charge in [0.25, 0.3) is 0 Å². The third kappa shape index (κ3) is 2.26. The van der Waals surface area contributed by atoms with Crippen LogP contribution in [-0.2, 0) is 12.8 Å². The number of H-pyrrole nitrogens is 1. The second kappa shape index (κ2) is 6.10. The van der Waals surface area contributed by atoms with Crippen LogP contribution in [0.15, 0.2) is 72.8 Å². The zero-order valence-corrected chi connectivity index (χ0v) is 15.7. The van der Waals surface area contributed by atoms with Gasteiger partial charge in [-0.15, -0.1) is 0 Å². The van der Waals surface area contributed by atoms with E-state index < -0.39 is 0 Å². The molecule has 3 heteroatoms. The van der Waals surface area contributed by atoms with E-state index in [0.717, 1.165) is 37.2 Å². The fraction of sp³-hybridized carbons (Fsp3) is 0.160. The highest BCUT2D eigenvalue weighted by molar-refractivity contribution is 5.92. The predicted octanol–water partition coefficient (Wildman–Crippen LogP) is 6.10. The highest BCUT2D eigenvalue weighted by Gasteiger charge is 2.28. The van der Waals surface area contributed by atoms with Crippen LogP contribution in [0.3, 0.4) is 0 Å². The SMILES string of the molecule is C1=CC(c2nc3c(n2-c2ccccc2)-c2[nH]c4ccccc4c2CC3)=CCC1.[HH]. The average Bonchev–Trinajstić information content (AvgIpc) is 3.33. The molecule has 2 aliphatic carbocycles. The number of hydrogen-bond donors (Lipinski definition) is 1. The number of benzene rings is 2. The van der Waals surface area contributed by atoms with Gasteiger partial charge in [0.1, 0.15) is 5.82 Å². The Morgan fingerprint density at radius 2 is 1.79 bits per heavy atom. The minimum atomic E-state index is 0. The largest absolute Gasteiger partial charge is 0.353 e. The number of para-hydroxylation sites is 2. The molecule has 0 bridgehead atoms. The van der Waals surface area contributed by atoms with Crippen LogP contribution in [0, 0.1) is 0 Å². The third-order valence-corrected chi connectivity index (χ3v) is 5.88. The number of allylic oxidation sites excluding steroid dienone is 4. The van der Waals surface area contributed by atoms with Crippen LogP contribution in [-0.4, -0.2) is 14.5 Å². The molecule has 3 nitrogen and oxygen atoms in total. The van der Waals surface area contributed by atoms with Crippen LogP contribution in [0.1, 0.15) is 31.4 Å². The molecule has 6 rings (SSSR count). The maximum atomic E-state index is 5.14. The number of rotatable bonds is 2. The molecule has 0 radical (unpaired) electrons. The Hall–Kier alpha value is -3.33. The Labute approximate surface area is 165 Å². The first-order valence-corrected chi connectivity index (χ1v) is 10.0. The summed E-state index contributed by atoms with van der Waals surface area (Å²) in [6.45, 7) is 0. The van der Waals surface area contributed by atoms with Crippen molar-refractivity contribution < 1.29 is 1.43 Å². The first kappa shape index (κ1) is 15.7. The summed E-state index contributed by atoms with van der Waals surface area (Å²) in [6, 6.07) is 19.3. The predicted molar refractivity (Wildman–Crippen MR) is 117 cm³/mol. The molecule has 138 valence electrons. The van der Waals surface area contributed by atoms with Crippen LogP contribution in [0.4, 0.5) is 0 Å². The van der Waals surface area contributed by atoms with Gasteiger partial charge in [0, 0.05) is 23.6 Å². The van der Waals surface area contributed by atoms with Gasteiger partial charge in [-0.1, -0.05) is 54.6 Å². The van der Waals surface area contributed by atoms with Crippen molar-refractivity contribution >= 4 is 16.5 Å². The molecular formula is C25H23N3. The highest BCUT2D eigenvalue weighted by atomic mass is 15.1. The number of nitrogens with zero attached hydrogens (tertiary/aromatic N) is 2. The lowest BCUT2D eigenvalue weighted by Gasteiger charge is -2.17. The maximum absolute atomic E-state index is 5.14. The van der Waals surface area contributed by atoms with Crippen molar-refractivity contribution in [1.29, 1.82) is 0 Å². The summed E-state index contributed by atoms with van der Waals surface area (Å²) < 4.78 is 2.35. The molecule has 0 aliphatic heterocycles. The monoisotopic (exact) mass is 365 g/mol. The average molecular weight is 365 g/mol. The van der Waals surface area contributed by atoms with Gasteiger partial charge in [-0.2, -0.15) is 0 Å². The van der Waals surface area contributed by atoms with Crippen molar-refractivity contribution in [2.24, 2.45) is 0 Å². The van der Waals surface area contributed by atoms with Crippen molar-refractivity contribution in [2.75, 3.05) is 0 Å². The molecule has 28 heavy (non-hydrogen) atoms. The van der Waals surface area contributed by atoms with E-state index in [0.29, 0.717) is 0 Å². The number of aromatic nitrogens is 3. The first-order chi connectivity index (χ1) is 13.9. The van der Waals surface area contributed by atoms with E-state index in [-0.39, 0.29) is 1.43 Å².